The number of aryl methyl sites for hydroxylation is 1. The molecule has 0 fully saturated rings. The van der Waals surface area contributed by atoms with E-state index < -0.39 is 5.97 Å². The van der Waals surface area contributed by atoms with Gasteiger partial charge < -0.3 is 14.2 Å². The number of nitrogens with zero attached hydrogens (tertiary/aromatic N) is 2. The van der Waals surface area contributed by atoms with Crippen molar-refractivity contribution in [3.8, 4) is 0 Å². The van der Waals surface area contributed by atoms with Crippen LogP contribution in [0.3, 0.4) is 0 Å². The minimum absolute atomic E-state index is 0.0650. The van der Waals surface area contributed by atoms with E-state index in [2.05, 4.69) is 4.74 Å². The fourth-order valence-electron chi connectivity index (χ4n) is 1.79. The van der Waals surface area contributed by atoms with Gasteiger partial charge in [-0.1, -0.05) is 11.3 Å². The van der Waals surface area contributed by atoms with Crippen LogP contribution in [0.5, 0.6) is 0 Å². The average Bonchev–Trinajstić information content (AvgIpc) is 2.72. The van der Waals surface area contributed by atoms with E-state index >= 15 is 0 Å². The molecule has 0 aromatic carbocycles. The first kappa shape index (κ1) is 16.4. The van der Waals surface area contributed by atoms with Gasteiger partial charge in [-0.25, -0.2) is 0 Å². The Kier molecular flexibility index (Phi) is 5.94. The largest absolute Gasteiger partial charge is 0.468 e. The van der Waals surface area contributed by atoms with Crippen LogP contribution >= 0.6 is 11.3 Å². The third-order valence-corrected chi connectivity index (χ3v) is 3.88. The summed E-state index contributed by atoms with van der Waals surface area (Å²) in [5.41, 5.74) is 0.844. The zero-order valence-electron chi connectivity index (χ0n) is 12.2. The summed E-state index contributed by atoms with van der Waals surface area (Å²) in [5.74, 6) is -0.612. The van der Waals surface area contributed by atoms with Gasteiger partial charge in [0, 0.05) is 30.1 Å². The van der Waals surface area contributed by atoms with Crippen LogP contribution in [0.4, 0.5) is 0 Å². The number of amides is 1. The molecule has 7 heteroatoms. The van der Waals surface area contributed by atoms with Gasteiger partial charge in [-0.05, 0) is 20.8 Å². The zero-order chi connectivity index (χ0) is 15.3. The molecule has 112 valence electrons. The first-order chi connectivity index (χ1) is 9.36. The van der Waals surface area contributed by atoms with Crippen LogP contribution in [0.2, 0.25) is 0 Å². The Morgan fingerprint density at radius 1 is 1.45 bits per heavy atom. The second-order valence-corrected chi connectivity index (χ2v) is 5.56. The highest BCUT2D eigenvalue weighted by Crippen LogP contribution is 2.06. The monoisotopic (exact) mass is 300 g/mol. The number of carbonyl (C=O) groups excluding carboxylic acids is 2. The Hall–Kier alpha value is -1.63. The van der Waals surface area contributed by atoms with E-state index in [9.17, 15) is 14.4 Å². The van der Waals surface area contributed by atoms with E-state index in [0.717, 1.165) is 17.0 Å². The van der Waals surface area contributed by atoms with E-state index in [1.807, 2.05) is 20.8 Å². The molecule has 0 atom stereocenters. The van der Waals surface area contributed by atoms with E-state index in [-0.39, 0.29) is 29.8 Å². The molecule has 1 aromatic heterocycles. The molecule has 1 rings (SSSR count). The summed E-state index contributed by atoms with van der Waals surface area (Å²) in [7, 11) is 1.29. The Morgan fingerprint density at radius 3 is 2.55 bits per heavy atom. The molecule has 20 heavy (non-hydrogen) atoms. The number of ether oxygens (including phenoxy) is 1. The Labute approximate surface area is 122 Å². The first-order valence-electron chi connectivity index (χ1n) is 6.38. The number of thiazole rings is 1. The van der Waals surface area contributed by atoms with Crippen molar-refractivity contribution in [1.82, 2.24) is 9.47 Å². The van der Waals surface area contributed by atoms with Gasteiger partial charge in [-0.3, -0.25) is 14.4 Å². The molecule has 0 aliphatic carbocycles. The molecule has 0 radical (unpaired) electrons. The number of methoxy groups -OCH3 is 1. The maximum absolute atomic E-state index is 12.2. The summed E-state index contributed by atoms with van der Waals surface area (Å²) < 4.78 is 6.15. The van der Waals surface area contributed by atoms with Crippen LogP contribution < -0.4 is 4.87 Å². The van der Waals surface area contributed by atoms with Gasteiger partial charge >= 0.3 is 10.8 Å². The standard InChI is InChI=1S/C13H20N2O4S/c1-9(2)15(7-12(17)19-4)11(16)5-6-14-10(3)8-20-13(14)18/h8-9H,5-7H2,1-4H3. The molecule has 0 N–H and O–H groups in total. The molecule has 1 aromatic rings. The zero-order valence-corrected chi connectivity index (χ0v) is 13.0. The third-order valence-electron chi connectivity index (χ3n) is 3.00. The lowest BCUT2D eigenvalue weighted by Gasteiger charge is -2.25. The Balaban J connectivity index is 2.67. The van der Waals surface area contributed by atoms with Gasteiger partial charge in [0.25, 0.3) is 0 Å². The summed E-state index contributed by atoms with van der Waals surface area (Å²) >= 11 is 1.12. The van der Waals surface area contributed by atoms with Crippen LogP contribution in [0, 0.1) is 6.92 Å². The van der Waals surface area contributed by atoms with Crippen LogP contribution in [0.1, 0.15) is 26.0 Å². The summed E-state index contributed by atoms with van der Waals surface area (Å²) in [6, 6.07) is -0.0955. The molecule has 0 aliphatic rings. The van der Waals surface area contributed by atoms with Crippen molar-refractivity contribution in [3.05, 3.63) is 20.7 Å². The fraction of sp³-hybridized carbons (Fsp3) is 0.615. The van der Waals surface area contributed by atoms with Crippen molar-refractivity contribution in [1.29, 1.82) is 0 Å². The molecular formula is C13H20N2O4S. The lowest BCUT2D eigenvalue weighted by Crippen LogP contribution is -2.41. The van der Waals surface area contributed by atoms with Crippen LogP contribution in [0.15, 0.2) is 10.2 Å². The third kappa shape index (κ3) is 4.19. The number of aromatic nitrogens is 1. The number of carbonyl (C=O) groups is 2. The van der Waals surface area contributed by atoms with Crippen molar-refractivity contribution in [2.75, 3.05) is 13.7 Å². The van der Waals surface area contributed by atoms with Crippen LogP contribution in [-0.2, 0) is 20.9 Å². The number of esters is 1. The molecule has 1 heterocycles. The quantitative estimate of drug-likeness (QED) is 0.736. The molecule has 0 aliphatic heterocycles. The molecular weight excluding hydrogens is 280 g/mol. The SMILES string of the molecule is COC(=O)CN(C(=O)CCn1c(C)csc1=O)C(C)C. The molecule has 0 saturated heterocycles. The fourth-order valence-corrected chi connectivity index (χ4v) is 2.55. The van der Waals surface area contributed by atoms with Crippen molar-refractivity contribution >= 4 is 23.2 Å². The summed E-state index contributed by atoms with van der Waals surface area (Å²) in [6.07, 6.45) is 0.187. The van der Waals surface area contributed by atoms with E-state index in [1.54, 1.807) is 9.95 Å². The van der Waals surface area contributed by atoms with Gasteiger partial charge in [-0.15, -0.1) is 0 Å². The van der Waals surface area contributed by atoms with Crippen molar-refractivity contribution in [2.45, 2.75) is 39.8 Å². The van der Waals surface area contributed by atoms with Crippen molar-refractivity contribution in [2.24, 2.45) is 0 Å². The molecule has 0 saturated carbocycles. The Bertz CT molecular complexity index is 533. The predicted molar refractivity (Wildman–Crippen MR) is 76.8 cm³/mol. The summed E-state index contributed by atoms with van der Waals surface area (Å²) in [4.78, 5) is 36.4. The predicted octanol–water partition coefficient (Wildman–Crippen LogP) is 1.02. The summed E-state index contributed by atoms with van der Waals surface area (Å²) in [6.45, 7) is 5.77. The lowest BCUT2D eigenvalue weighted by molar-refractivity contribution is -0.148. The highest BCUT2D eigenvalue weighted by atomic mass is 32.1. The lowest BCUT2D eigenvalue weighted by atomic mass is 10.2. The number of hydrogen-bond acceptors (Lipinski definition) is 5. The normalized spacial score (nSPS) is 10.7. The highest BCUT2D eigenvalue weighted by molar-refractivity contribution is 7.07. The minimum atomic E-state index is -0.448. The van der Waals surface area contributed by atoms with Gasteiger partial charge in [-0.2, -0.15) is 0 Å². The molecule has 1 amide bonds. The Morgan fingerprint density at radius 2 is 2.10 bits per heavy atom. The van der Waals surface area contributed by atoms with E-state index in [0.29, 0.717) is 6.54 Å². The van der Waals surface area contributed by atoms with Gasteiger partial charge in [0.1, 0.15) is 6.54 Å². The molecule has 6 nitrogen and oxygen atoms in total. The average molecular weight is 300 g/mol. The second-order valence-electron chi connectivity index (χ2n) is 4.74. The van der Waals surface area contributed by atoms with Gasteiger partial charge in [0.15, 0.2) is 0 Å². The highest BCUT2D eigenvalue weighted by Gasteiger charge is 2.20. The van der Waals surface area contributed by atoms with Crippen LogP contribution in [0.25, 0.3) is 0 Å². The topological polar surface area (TPSA) is 68.6 Å². The molecule has 0 unspecified atom stereocenters. The van der Waals surface area contributed by atoms with Gasteiger partial charge in [0.05, 0.1) is 7.11 Å². The van der Waals surface area contributed by atoms with Crippen molar-refractivity contribution in [3.63, 3.8) is 0 Å². The van der Waals surface area contributed by atoms with Gasteiger partial charge in [0.2, 0.25) is 5.91 Å². The number of hydrogen-bond donors (Lipinski definition) is 0. The minimum Gasteiger partial charge on any atom is -0.468 e. The van der Waals surface area contributed by atoms with E-state index in [4.69, 9.17) is 0 Å². The smallest absolute Gasteiger partial charge is 0.325 e. The number of rotatable bonds is 6. The maximum Gasteiger partial charge on any atom is 0.325 e. The molecule has 0 spiro atoms. The second kappa shape index (κ2) is 7.23. The summed E-state index contributed by atoms with van der Waals surface area (Å²) in [5, 5.41) is 1.77. The van der Waals surface area contributed by atoms with Crippen molar-refractivity contribution < 1.29 is 14.3 Å². The van der Waals surface area contributed by atoms with Crippen LogP contribution in [-0.4, -0.2) is 41.0 Å². The first-order valence-corrected chi connectivity index (χ1v) is 7.26. The maximum atomic E-state index is 12.2. The van der Waals surface area contributed by atoms with E-state index in [1.165, 1.54) is 12.0 Å². The molecule has 0 bridgehead atoms.